The van der Waals surface area contributed by atoms with E-state index in [-0.39, 0.29) is 31.1 Å². The van der Waals surface area contributed by atoms with Crippen molar-refractivity contribution in [3.63, 3.8) is 0 Å². The number of esters is 3. The molecule has 0 aliphatic heterocycles. The molecule has 0 aliphatic rings. The number of hydrogen-bond donors (Lipinski definition) is 0. The Balaban J connectivity index is 4.42. The molecule has 0 bridgehead atoms. The van der Waals surface area contributed by atoms with E-state index in [1.165, 1.54) is 103 Å². The third-order valence-corrected chi connectivity index (χ3v) is 11.7. The van der Waals surface area contributed by atoms with Crippen molar-refractivity contribution >= 4 is 17.9 Å². The Kier molecular flexibility index (Phi) is 51.4. The number of carbonyl (C=O) groups is 3. The molecule has 0 aliphatic carbocycles. The maximum Gasteiger partial charge on any atom is 0.306 e. The number of hydrogen-bond acceptors (Lipinski definition) is 6. The highest BCUT2D eigenvalue weighted by atomic mass is 16.6. The van der Waals surface area contributed by atoms with Gasteiger partial charge in [-0.05, 0) is 70.6 Å². The standard InChI is InChI=1S/C60H102O6/c1-4-7-10-13-16-19-22-25-28-30-33-35-38-41-44-47-50-53-59(62)65-56-57(55-64-58(61)52-49-46-43-40-37-34-31-27-24-21-18-15-12-9-6-3)66-60(63)54-51-48-45-42-39-36-32-29-26-23-20-17-14-11-8-5-2/h8-9,11-12,15,17-18,20-21,24,26-27,29,31,57H,4-7,10,13-14,16,19,22-23,25,28,30,32-56H2,1-3H3/b11-8-,12-9-,18-15-,20-17-,24-21-,29-26-,31-27-. The van der Waals surface area contributed by atoms with Crippen LogP contribution in [0.2, 0.25) is 0 Å². The molecule has 0 N–H and O–H groups in total. The van der Waals surface area contributed by atoms with Crippen molar-refractivity contribution < 1.29 is 28.6 Å². The summed E-state index contributed by atoms with van der Waals surface area (Å²) in [6.45, 7) is 6.38. The van der Waals surface area contributed by atoms with Crippen LogP contribution < -0.4 is 0 Å². The minimum Gasteiger partial charge on any atom is -0.462 e. The maximum atomic E-state index is 12.8. The van der Waals surface area contributed by atoms with Gasteiger partial charge in [-0.15, -0.1) is 0 Å². The zero-order valence-corrected chi connectivity index (χ0v) is 43.2. The molecule has 0 heterocycles. The SMILES string of the molecule is CC\C=C/C=C\C=C/C=C\CCCCCCCC(=O)OCC(COC(=O)CCCCCCCCCCCCCCCCCCC)OC(=O)CCCCCCCC/C=C\C/C=C\C/C=C\CC. The molecular formula is C60H102O6. The molecule has 0 aromatic rings. The van der Waals surface area contributed by atoms with Crippen LogP contribution in [0.25, 0.3) is 0 Å². The summed E-state index contributed by atoms with van der Waals surface area (Å²) in [5, 5.41) is 0. The van der Waals surface area contributed by atoms with Crippen molar-refractivity contribution in [3.8, 4) is 0 Å². The second-order valence-electron chi connectivity index (χ2n) is 18.2. The fourth-order valence-corrected chi connectivity index (χ4v) is 7.64. The highest BCUT2D eigenvalue weighted by Crippen LogP contribution is 2.16. The van der Waals surface area contributed by atoms with Gasteiger partial charge in [0.05, 0.1) is 0 Å². The highest BCUT2D eigenvalue weighted by molar-refractivity contribution is 5.71. The van der Waals surface area contributed by atoms with Gasteiger partial charge in [0.1, 0.15) is 13.2 Å². The Morgan fingerprint density at radius 2 is 0.667 bits per heavy atom. The molecule has 378 valence electrons. The Bertz CT molecular complexity index is 1290. The van der Waals surface area contributed by atoms with Crippen LogP contribution in [0.3, 0.4) is 0 Å². The quantitative estimate of drug-likeness (QED) is 0.0199. The lowest BCUT2D eigenvalue weighted by Gasteiger charge is -2.18. The van der Waals surface area contributed by atoms with Crippen molar-refractivity contribution in [1.29, 1.82) is 0 Å². The predicted octanol–water partition coefficient (Wildman–Crippen LogP) is 18.4. The second-order valence-corrected chi connectivity index (χ2v) is 18.2. The van der Waals surface area contributed by atoms with E-state index in [4.69, 9.17) is 14.2 Å². The molecule has 0 fully saturated rings. The summed E-state index contributed by atoms with van der Waals surface area (Å²) in [6, 6.07) is 0. The summed E-state index contributed by atoms with van der Waals surface area (Å²) in [6.07, 6.45) is 69.9. The van der Waals surface area contributed by atoms with Crippen molar-refractivity contribution in [2.75, 3.05) is 13.2 Å². The minimum absolute atomic E-state index is 0.0882. The molecule has 0 rings (SSSR count). The van der Waals surface area contributed by atoms with E-state index in [1.807, 2.05) is 18.2 Å². The van der Waals surface area contributed by atoms with Gasteiger partial charge < -0.3 is 14.2 Å². The van der Waals surface area contributed by atoms with Gasteiger partial charge in [0.2, 0.25) is 0 Å². The van der Waals surface area contributed by atoms with E-state index in [0.717, 1.165) is 116 Å². The van der Waals surface area contributed by atoms with Crippen molar-refractivity contribution in [3.05, 3.63) is 85.1 Å². The average molecular weight is 919 g/mol. The van der Waals surface area contributed by atoms with Gasteiger partial charge in [-0.3, -0.25) is 14.4 Å². The highest BCUT2D eigenvalue weighted by Gasteiger charge is 2.19. The lowest BCUT2D eigenvalue weighted by molar-refractivity contribution is -0.167. The van der Waals surface area contributed by atoms with E-state index in [0.29, 0.717) is 19.3 Å². The molecule has 0 saturated heterocycles. The zero-order valence-electron chi connectivity index (χ0n) is 43.2. The first-order valence-corrected chi connectivity index (χ1v) is 27.6. The predicted molar refractivity (Wildman–Crippen MR) is 284 cm³/mol. The number of carbonyl (C=O) groups excluding carboxylic acids is 3. The second kappa shape index (κ2) is 54.2. The summed E-state index contributed by atoms with van der Waals surface area (Å²) in [5.74, 6) is -0.920. The molecule has 0 radical (unpaired) electrons. The summed E-state index contributed by atoms with van der Waals surface area (Å²) >= 11 is 0. The molecule has 0 amide bonds. The Hall–Kier alpha value is -3.41. The molecule has 1 unspecified atom stereocenters. The first-order valence-electron chi connectivity index (χ1n) is 27.6. The molecule has 0 aromatic carbocycles. The van der Waals surface area contributed by atoms with Crippen LogP contribution in [0.4, 0.5) is 0 Å². The van der Waals surface area contributed by atoms with E-state index < -0.39 is 6.10 Å². The van der Waals surface area contributed by atoms with Gasteiger partial charge in [-0.25, -0.2) is 0 Å². The summed E-state index contributed by atoms with van der Waals surface area (Å²) < 4.78 is 16.8. The summed E-state index contributed by atoms with van der Waals surface area (Å²) in [4.78, 5) is 38.1. The minimum atomic E-state index is -0.792. The molecular weight excluding hydrogens is 817 g/mol. The van der Waals surface area contributed by atoms with Crippen LogP contribution in [0.1, 0.15) is 258 Å². The van der Waals surface area contributed by atoms with E-state index in [2.05, 4.69) is 87.6 Å². The van der Waals surface area contributed by atoms with Crippen molar-refractivity contribution in [2.45, 2.75) is 264 Å². The topological polar surface area (TPSA) is 78.9 Å². The Morgan fingerprint density at radius 1 is 0.333 bits per heavy atom. The number of ether oxygens (including phenoxy) is 3. The number of unbranched alkanes of at least 4 members (excludes halogenated alkanes) is 27. The van der Waals surface area contributed by atoms with E-state index in [9.17, 15) is 14.4 Å². The lowest BCUT2D eigenvalue weighted by atomic mass is 10.0. The third kappa shape index (κ3) is 51.6. The van der Waals surface area contributed by atoms with Gasteiger partial charge in [0.25, 0.3) is 0 Å². The van der Waals surface area contributed by atoms with E-state index in [1.54, 1.807) is 0 Å². The van der Waals surface area contributed by atoms with Crippen LogP contribution >= 0.6 is 0 Å². The first-order chi connectivity index (χ1) is 32.5. The molecule has 66 heavy (non-hydrogen) atoms. The largest absolute Gasteiger partial charge is 0.462 e. The fourth-order valence-electron chi connectivity index (χ4n) is 7.64. The summed E-state index contributed by atoms with van der Waals surface area (Å²) in [5.41, 5.74) is 0. The van der Waals surface area contributed by atoms with Crippen LogP contribution in [0.15, 0.2) is 85.1 Å². The van der Waals surface area contributed by atoms with Crippen molar-refractivity contribution in [1.82, 2.24) is 0 Å². The molecule has 1 atom stereocenters. The molecule has 0 saturated carbocycles. The van der Waals surface area contributed by atoms with Crippen LogP contribution in [0.5, 0.6) is 0 Å². The molecule has 6 nitrogen and oxygen atoms in total. The van der Waals surface area contributed by atoms with Gasteiger partial charge in [-0.1, -0.05) is 254 Å². The van der Waals surface area contributed by atoms with Gasteiger partial charge >= 0.3 is 17.9 Å². The van der Waals surface area contributed by atoms with Gasteiger partial charge in [-0.2, -0.15) is 0 Å². The molecule has 6 heteroatoms. The van der Waals surface area contributed by atoms with Crippen LogP contribution in [-0.4, -0.2) is 37.2 Å². The zero-order chi connectivity index (χ0) is 47.9. The Labute approximate surface area is 407 Å². The molecule has 0 spiro atoms. The average Bonchev–Trinajstić information content (AvgIpc) is 3.31. The normalized spacial score (nSPS) is 12.7. The summed E-state index contributed by atoms with van der Waals surface area (Å²) in [7, 11) is 0. The van der Waals surface area contributed by atoms with Crippen LogP contribution in [-0.2, 0) is 28.6 Å². The number of rotatable bonds is 49. The lowest BCUT2D eigenvalue weighted by Crippen LogP contribution is -2.30. The molecule has 0 aromatic heterocycles. The van der Waals surface area contributed by atoms with Gasteiger partial charge in [0, 0.05) is 19.3 Å². The third-order valence-electron chi connectivity index (χ3n) is 11.7. The van der Waals surface area contributed by atoms with Crippen LogP contribution in [0, 0.1) is 0 Å². The van der Waals surface area contributed by atoms with Gasteiger partial charge in [0.15, 0.2) is 6.10 Å². The van der Waals surface area contributed by atoms with E-state index >= 15 is 0 Å². The monoisotopic (exact) mass is 919 g/mol. The fraction of sp³-hybridized carbons (Fsp3) is 0.717. The number of allylic oxidation sites excluding steroid dienone is 14. The first kappa shape index (κ1) is 62.6. The smallest absolute Gasteiger partial charge is 0.306 e. The Morgan fingerprint density at radius 3 is 1.11 bits per heavy atom. The maximum absolute atomic E-state index is 12.8. The van der Waals surface area contributed by atoms with Crippen molar-refractivity contribution in [2.24, 2.45) is 0 Å².